The Labute approximate surface area is 107 Å². The van der Waals surface area contributed by atoms with E-state index in [0.717, 1.165) is 12.8 Å². The first kappa shape index (κ1) is 13.1. The molecule has 0 spiro atoms. The number of nitrogens with one attached hydrogen (secondary N) is 1. The minimum atomic E-state index is -0.260. The number of hydrogen-bond donors (Lipinski definition) is 1. The van der Waals surface area contributed by atoms with E-state index in [4.69, 9.17) is 4.52 Å². The molecule has 0 aliphatic heterocycles. The average molecular weight is 251 g/mol. The van der Waals surface area contributed by atoms with Crippen molar-refractivity contribution >= 4 is 5.91 Å². The molecule has 0 atom stereocenters. The summed E-state index contributed by atoms with van der Waals surface area (Å²) in [5, 5.41) is 6.87. The molecule has 1 heterocycles. The van der Waals surface area contributed by atoms with Crippen LogP contribution in [0.25, 0.3) is 0 Å². The van der Waals surface area contributed by atoms with E-state index in [1.165, 1.54) is 0 Å². The van der Waals surface area contributed by atoms with E-state index in [1.54, 1.807) is 0 Å². The Balaban J connectivity index is 2.09. The predicted molar refractivity (Wildman–Crippen MR) is 67.3 cm³/mol. The van der Waals surface area contributed by atoms with Crippen LogP contribution in [0.2, 0.25) is 0 Å². The Kier molecular flexibility index (Phi) is 2.95. The number of nitrogens with zero attached hydrogens (tertiary/aromatic N) is 2. The molecule has 0 aromatic carbocycles. The summed E-state index contributed by atoms with van der Waals surface area (Å²) in [4.78, 5) is 16.2. The monoisotopic (exact) mass is 251 g/mol. The zero-order valence-electron chi connectivity index (χ0n) is 11.7. The van der Waals surface area contributed by atoms with Crippen molar-refractivity contribution < 1.29 is 9.32 Å². The van der Waals surface area contributed by atoms with Crippen LogP contribution in [0, 0.1) is 5.92 Å². The van der Waals surface area contributed by atoms with E-state index in [2.05, 4.69) is 29.3 Å². The summed E-state index contributed by atoms with van der Waals surface area (Å²) in [5.41, 5.74) is -0.273. The predicted octanol–water partition coefficient (Wildman–Crippen LogP) is 2.29. The molecule has 1 aromatic heterocycles. The molecule has 0 unspecified atom stereocenters. The van der Waals surface area contributed by atoms with Crippen molar-refractivity contribution in [3.63, 3.8) is 0 Å². The highest BCUT2D eigenvalue weighted by molar-refractivity contribution is 5.90. The van der Waals surface area contributed by atoms with Crippen molar-refractivity contribution in [2.24, 2.45) is 5.92 Å². The minimum absolute atomic E-state index is 0.0619. The minimum Gasteiger partial charge on any atom is -0.342 e. The van der Waals surface area contributed by atoms with E-state index in [0.29, 0.717) is 11.7 Å². The zero-order chi connectivity index (χ0) is 13.6. The Morgan fingerprint density at radius 2 is 2.00 bits per heavy atom. The van der Waals surface area contributed by atoms with Gasteiger partial charge in [-0.1, -0.05) is 39.8 Å². The van der Waals surface area contributed by atoms with Gasteiger partial charge in [-0.15, -0.1) is 0 Å². The van der Waals surface area contributed by atoms with E-state index < -0.39 is 0 Å². The maximum absolute atomic E-state index is 12.0. The standard InChI is InChI=1S/C13H21N3O2/c1-8(2)13(6-7-13)15-9(17)10-14-11(16-18-10)12(3,4)5/h8H,6-7H2,1-5H3,(H,15,17). The maximum atomic E-state index is 12.0. The van der Waals surface area contributed by atoms with Gasteiger partial charge in [-0.3, -0.25) is 4.79 Å². The smallest absolute Gasteiger partial charge is 0.315 e. The van der Waals surface area contributed by atoms with E-state index >= 15 is 0 Å². The summed E-state index contributed by atoms with van der Waals surface area (Å²) in [6, 6.07) is 0. The van der Waals surface area contributed by atoms with Crippen LogP contribution in [0.4, 0.5) is 0 Å². The van der Waals surface area contributed by atoms with Crippen molar-refractivity contribution in [3.05, 3.63) is 11.7 Å². The second-order valence-corrected chi connectivity index (χ2v) is 6.44. The molecular weight excluding hydrogens is 230 g/mol. The van der Waals surface area contributed by atoms with Crippen LogP contribution in [-0.4, -0.2) is 21.6 Å². The van der Waals surface area contributed by atoms with Gasteiger partial charge in [0.15, 0.2) is 5.82 Å². The highest BCUT2D eigenvalue weighted by Gasteiger charge is 2.47. The van der Waals surface area contributed by atoms with Crippen molar-refractivity contribution in [3.8, 4) is 0 Å². The highest BCUT2D eigenvalue weighted by atomic mass is 16.5. The van der Waals surface area contributed by atoms with Gasteiger partial charge in [0.25, 0.3) is 0 Å². The van der Waals surface area contributed by atoms with Crippen LogP contribution in [0.1, 0.15) is 64.0 Å². The van der Waals surface area contributed by atoms with Crippen LogP contribution in [0.3, 0.4) is 0 Å². The lowest BCUT2D eigenvalue weighted by Gasteiger charge is -2.20. The lowest BCUT2D eigenvalue weighted by molar-refractivity contribution is 0.0873. The van der Waals surface area contributed by atoms with Crippen LogP contribution in [0.5, 0.6) is 0 Å². The van der Waals surface area contributed by atoms with E-state index in [1.807, 2.05) is 20.8 Å². The number of aromatic nitrogens is 2. The molecule has 1 aliphatic carbocycles. The molecule has 1 aromatic rings. The lowest BCUT2D eigenvalue weighted by Crippen LogP contribution is -2.40. The number of carbonyl (C=O) groups is 1. The summed E-state index contributed by atoms with van der Waals surface area (Å²) in [6.07, 6.45) is 2.05. The molecular formula is C13H21N3O2. The molecule has 1 amide bonds. The summed E-state index contributed by atoms with van der Waals surface area (Å²) >= 11 is 0. The molecule has 5 heteroatoms. The van der Waals surface area contributed by atoms with Crippen LogP contribution in [-0.2, 0) is 5.41 Å². The largest absolute Gasteiger partial charge is 0.342 e. The third kappa shape index (κ3) is 2.40. The fraction of sp³-hybridized carbons (Fsp3) is 0.769. The Morgan fingerprint density at radius 3 is 2.39 bits per heavy atom. The van der Waals surface area contributed by atoms with Crippen molar-refractivity contribution in [1.82, 2.24) is 15.5 Å². The molecule has 0 saturated heterocycles. The van der Waals surface area contributed by atoms with Gasteiger partial charge >= 0.3 is 11.8 Å². The summed E-state index contributed by atoms with van der Waals surface area (Å²) < 4.78 is 5.03. The molecule has 5 nitrogen and oxygen atoms in total. The van der Waals surface area contributed by atoms with E-state index in [9.17, 15) is 4.79 Å². The number of amides is 1. The topological polar surface area (TPSA) is 68.0 Å². The Hall–Kier alpha value is -1.39. The Bertz CT molecular complexity index is 453. The number of carbonyl (C=O) groups excluding carboxylic acids is 1. The summed E-state index contributed by atoms with van der Waals surface area (Å²) in [5.74, 6) is 0.782. The maximum Gasteiger partial charge on any atom is 0.315 e. The normalized spacial score (nSPS) is 17.9. The molecule has 100 valence electrons. The fourth-order valence-electron chi connectivity index (χ4n) is 1.88. The summed E-state index contributed by atoms with van der Waals surface area (Å²) in [6.45, 7) is 10.2. The quantitative estimate of drug-likeness (QED) is 0.895. The molecule has 1 N–H and O–H groups in total. The molecule has 1 aliphatic rings. The van der Waals surface area contributed by atoms with Gasteiger partial charge in [-0.25, -0.2) is 0 Å². The number of rotatable bonds is 3. The van der Waals surface area contributed by atoms with Gasteiger partial charge in [0.2, 0.25) is 0 Å². The second kappa shape index (κ2) is 4.07. The first-order chi connectivity index (χ1) is 8.24. The van der Waals surface area contributed by atoms with Crippen molar-refractivity contribution in [2.75, 3.05) is 0 Å². The first-order valence-electron chi connectivity index (χ1n) is 6.41. The first-order valence-corrected chi connectivity index (χ1v) is 6.41. The highest BCUT2D eigenvalue weighted by Crippen LogP contribution is 2.42. The lowest BCUT2D eigenvalue weighted by atomic mass is 9.96. The van der Waals surface area contributed by atoms with Crippen LogP contribution in [0.15, 0.2) is 4.52 Å². The van der Waals surface area contributed by atoms with Gasteiger partial charge in [-0.05, 0) is 18.8 Å². The van der Waals surface area contributed by atoms with Gasteiger partial charge < -0.3 is 9.84 Å². The van der Waals surface area contributed by atoms with E-state index in [-0.39, 0.29) is 22.8 Å². The van der Waals surface area contributed by atoms with Gasteiger partial charge in [-0.2, -0.15) is 4.98 Å². The van der Waals surface area contributed by atoms with Crippen molar-refractivity contribution in [2.45, 2.75) is 58.4 Å². The fourth-order valence-corrected chi connectivity index (χ4v) is 1.88. The molecule has 1 fully saturated rings. The zero-order valence-corrected chi connectivity index (χ0v) is 11.7. The second-order valence-electron chi connectivity index (χ2n) is 6.44. The molecule has 1 saturated carbocycles. The van der Waals surface area contributed by atoms with Crippen LogP contribution >= 0.6 is 0 Å². The van der Waals surface area contributed by atoms with Gasteiger partial charge in [0, 0.05) is 11.0 Å². The third-order valence-electron chi connectivity index (χ3n) is 3.55. The van der Waals surface area contributed by atoms with Gasteiger partial charge in [0.1, 0.15) is 0 Å². The summed E-state index contributed by atoms with van der Waals surface area (Å²) in [7, 11) is 0. The molecule has 18 heavy (non-hydrogen) atoms. The average Bonchev–Trinajstić information content (AvgIpc) is 2.85. The van der Waals surface area contributed by atoms with Gasteiger partial charge in [0.05, 0.1) is 0 Å². The molecule has 2 rings (SSSR count). The number of hydrogen-bond acceptors (Lipinski definition) is 4. The third-order valence-corrected chi connectivity index (χ3v) is 3.55. The molecule has 0 bridgehead atoms. The Morgan fingerprint density at radius 1 is 1.39 bits per heavy atom. The van der Waals surface area contributed by atoms with Crippen LogP contribution < -0.4 is 5.32 Å². The molecule has 0 radical (unpaired) electrons. The SMILES string of the molecule is CC(C)C1(NC(=O)c2nc(C(C)(C)C)no2)CC1. The van der Waals surface area contributed by atoms with Crippen molar-refractivity contribution in [1.29, 1.82) is 0 Å².